The first-order valence-electron chi connectivity index (χ1n) is 11.5. The van der Waals surface area contributed by atoms with Gasteiger partial charge in [0, 0.05) is 23.9 Å². The summed E-state index contributed by atoms with van der Waals surface area (Å²) in [6, 6.07) is 18.3. The molecule has 4 aromatic rings. The van der Waals surface area contributed by atoms with E-state index in [2.05, 4.69) is 0 Å². The average molecular weight is 470 g/mol. The number of aromatic hydroxyl groups is 3. The van der Waals surface area contributed by atoms with E-state index in [0.29, 0.717) is 11.5 Å². The first-order valence-corrected chi connectivity index (χ1v) is 11.5. The Bertz CT molecular complexity index is 1350. The fourth-order valence-electron chi connectivity index (χ4n) is 4.25. The van der Waals surface area contributed by atoms with Crippen LogP contribution in [0.4, 0.5) is 17.1 Å². The lowest BCUT2D eigenvalue weighted by molar-refractivity contribution is 0.452. The van der Waals surface area contributed by atoms with Crippen LogP contribution < -0.4 is 9.64 Å². The number of benzene rings is 4. The molecular formula is C30H31NO4. The molecule has 0 heterocycles. The van der Waals surface area contributed by atoms with Crippen molar-refractivity contribution in [3.63, 3.8) is 0 Å². The first-order chi connectivity index (χ1) is 16.5. The standard InChI is InChI=1S/C30H31NO4/c1-17-13-24(32)14-30(22(17)6)35-25-9-7-23(8-10-25)31(26-15-28(33)20(4)11-18(26)2)27-16-29(34)21(5)12-19(27)3/h7-16,32-34H,1-6H3. The van der Waals surface area contributed by atoms with Gasteiger partial charge in [-0.25, -0.2) is 0 Å². The predicted molar refractivity (Wildman–Crippen MR) is 141 cm³/mol. The highest BCUT2D eigenvalue weighted by atomic mass is 16.5. The number of rotatable bonds is 5. The summed E-state index contributed by atoms with van der Waals surface area (Å²) in [5, 5.41) is 31.0. The van der Waals surface area contributed by atoms with Crippen LogP contribution in [0.1, 0.15) is 33.4 Å². The third-order valence-corrected chi connectivity index (χ3v) is 6.44. The molecular weight excluding hydrogens is 438 g/mol. The normalized spacial score (nSPS) is 10.9. The minimum atomic E-state index is 0.162. The molecule has 5 heteroatoms. The lowest BCUT2D eigenvalue weighted by Gasteiger charge is -2.29. The second-order valence-electron chi connectivity index (χ2n) is 9.17. The van der Waals surface area contributed by atoms with Crippen molar-refractivity contribution in [2.45, 2.75) is 41.5 Å². The quantitative estimate of drug-likeness (QED) is 0.277. The van der Waals surface area contributed by atoms with Gasteiger partial charge >= 0.3 is 0 Å². The number of phenolic OH excluding ortho intramolecular Hbond substituents is 3. The summed E-state index contributed by atoms with van der Waals surface area (Å²) in [7, 11) is 0. The number of ether oxygens (including phenoxy) is 1. The van der Waals surface area contributed by atoms with E-state index in [0.717, 1.165) is 50.4 Å². The van der Waals surface area contributed by atoms with Crippen LogP contribution in [0.2, 0.25) is 0 Å². The Balaban J connectivity index is 1.81. The summed E-state index contributed by atoms with van der Waals surface area (Å²) in [5.41, 5.74) is 7.97. The van der Waals surface area contributed by atoms with Crippen LogP contribution in [-0.4, -0.2) is 15.3 Å². The number of aryl methyl sites for hydroxylation is 5. The monoisotopic (exact) mass is 469 g/mol. The zero-order chi connectivity index (χ0) is 25.4. The molecule has 4 rings (SSSR count). The van der Waals surface area contributed by atoms with Crippen molar-refractivity contribution in [2.75, 3.05) is 4.90 Å². The van der Waals surface area contributed by atoms with Gasteiger partial charge in [-0.1, -0.05) is 12.1 Å². The van der Waals surface area contributed by atoms with E-state index in [1.54, 1.807) is 24.3 Å². The minimum Gasteiger partial charge on any atom is -0.508 e. The van der Waals surface area contributed by atoms with E-state index in [1.807, 2.05) is 82.8 Å². The molecule has 0 fully saturated rings. The summed E-state index contributed by atoms with van der Waals surface area (Å²) in [5.74, 6) is 1.81. The van der Waals surface area contributed by atoms with E-state index in [1.165, 1.54) is 0 Å². The third kappa shape index (κ3) is 4.76. The highest BCUT2D eigenvalue weighted by molar-refractivity contribution is 5.82. The maximum absolute atomic E-state index is 10.5. The lowest BCUT2D eigenvalue weighted by atomic mass is 10.0. The molecule has 0 bridgehead atoms. The van der Waals surface area contributed by atoms with Crippen molar-refractivity contribution in [3.8, 4) is 28.7 Å². The molecule has 0 unspecified atom stereocenters. The Morgan fingerprint density at radius 2 is 1.09 bits per heavy atom. The molecule has 0 saturated heterocycles. The van der Waals surface area contributed by atoms with Crippen LogP contribution in [0.5, 0.6) is 28.7 Å². The Labute approximate surface area is 206 Å². The van der Waals surface area contributed by atoms with Gasteiger partial charge in [0.1, 0.15) is 28.7 Å². The van der Waals surface area contributed by atoms with Gasteiger partial charge in [0.05, 0.1) is 11.4 Å². The zero-order valence-corrected chi connectivity index (χ0v) is 21.0. The summed E-state index contributed by atoms with van der Waals surface area (Å²) in [6.07, 6.45) is 0. The van der Waals surface area contributed by atoms with Gasteiger partial charge in [0.15, 0.2) is 0 Å². The molecule has 0 atom stereocenters. The Kier molecular flexibility index (Phi) is 6.35. The van der Waals surface area contributed by atoms with Crippen molar-refractivity contribution < 1.29 is 20.1 Å². The maximum Gasteiger partial charge on any atom is 0.134 e. The molecule has 0 amide bonds. The zero-order valence-electron chi connectivity index (χ0n) is 21.0. The average Bonchev–Trinajstić information content (AvgIpc) is 2.79. The molecule has 0 aliphatic heterocycles. The predicted octanol–water partition coefficient (Wildman–Crippen LogP) is 7.92. The molecule has 0 aromatic heterocycles. The van der Waals surface area contributed by atoms with Crippen LogP contribution >= 0.6 is 0 Å². The van der Waals surface area contributed by atoms with Gasteiger partial charge < -0.3 is 25.0 Å². The topological polar surface area (TPSA) is 73.2 Å². The Morgan fingerprint density at radius 1 is 0.571 bits per heavy atom. The number of hydrogen-bond acceptors (Lipinski definition) is 5. The minimum absolute atomic E-state index is 0.162. The summed E-state index contributed by atoms with van der Waals surface area (Å²) >= 11 is 0. The number of phenols is 3. The number of nitrogens with zero attached hydrogens (tertiary/aromatic N) is 1. The van der Waals surface area contributed by atoms with Gasteiger partial charge in [0.25, 0.3) is 0 Å². The molecule has 35 heavy (non-hydrogen) atoms. The van der Waals surface area contributed by atoms with E-state index in [-0.39, 0.29) is 17.2 Å². The van der Waals surface area contributed by atoms with Gasteiger partial charge in [-0.3, -0.25) is 0 Å². The highest BCUT2D eigenvalue weighted by Crippen LogP contribution is 2.43. The van der Waals surface area contributed by atoms with Crippen molar-refractivity contribution in [2.24, 2.45) is 0 Å². The van der Waals surface area contributed by atoms with E-state index in [4.69, 9.17) is 4.74 Å². The fourth-order valence-corrected chi connectivity index (χ4v) is 4.25. The van der Waals surface area contributed by atoms with Crippen molar-refractivity contribution in [1.82, 2.24) is 0 Å². The van der Waals surface area contributed by atoms with Crippen LogP contribution in [0.15, 0.2) is 60.7 Å². The van der Waals surface area contributed by atoms with Gasteiger partial charge in [0.2, 0.25) is 0 Å². The molecule has 0 radical (unpaired) electrons. The number of hydrogen-bond donors (Lipinski definition) is 3. The van der Waals surface area contributed by atoms with Crippen LogP contribution in [0, 0.1) is 41.5 Å². The van der Waals surface area contributed by atoms with Crippen LogP contribution in [0.3, 0.4) is 0 Å². The second-order valence-corrected chi connectivity index (χ2v) is 9.17. The first kappa shape index (κ1) is 24.0. The molecule has 0 aliphatic rings. The van der Waals surface area contributed by atoms with E-state index >= 15 is 0 Å². The van der Waals surface area contributed by atoms with Crippen LogP contribution in [-0.2, 0) is 0 Å². The summed E-state index contributed by atoms with van der Waals surface area (Å²) < 4.78 is 6.08. The second kappa shape index (κ2) is 9.26. The molecule has 180 valence electrons. The Morgan fingerprint density at radius 3 is 1.60 bits per heavy atom. The van der Waals surface area contributed by atoms with Gasteiger partial charge in [-0.05, 0) is 105 Å². The van der Waals surface area contributed by atoms with Crippen molar-refractivity contribution in [1.29, 1.82) is 0 Å². The largest absolute Gasteiger partial charge is 0.508 e. The third-order valence-electron chi connectivity index (χ3n) is 6.44. The molecule has 5 nitrogen and oxygen atoms in total. The van der Waals surface area contributed by atoms with E-state index in [9.17, 15) is 15.3 Å². The van der Waals surface area contributed by atoms with Crippen LogP contribution in [0.25, 0.3) is 0 Å². The van der Waals surface area contributed by atoms with Gasteiger partial charge in [-0.15, -0.1) is 0 Å². The number of anilines is 3. The molecule has 3 N–H and O–H groups in total. The molecule has 0 saturated carbocycles. The van der Waals surface area contributed by atoms with Crippen molar-refractivity contribution in [3.05, 3.63) is 94.0 Å². The molecule has 0 spiro atoms. The maximum atomic E-state index is 10.5. The fraction of sp³-hybridized carbons (Fsp3) is 0.200. The van der Waals surface area contributed by atoms with Gasteiger partial charge in [-0.2, -0.15) is 0 Å². The summed E-state index contributed by atoms with van der Waals surface area (Å²) in [6.45, 7) is 11.6. The molecule has 0 aliphatic carbocycles. The lowest BCUT2D eigenvalue weighted by Crippen LogP contribution is -2.13. The Hall–Kier alpha value is -4.12. The highest BCUT2D eigenvalue weighted by Gasteiger charge is 2.20. The summed E-state index contributed by atoms with van der Waals surface area (Å²) in [4.78, 5) is 2.02. The smallest absolute Gasteiger partial charge is 0.134 e. The molecule has 4 aromatic carbocycles. The van der Waals surface area contributed by atoms with E-state index < -0.39 is 0 Å². The van der Waals surface area contributed by atoms with Crippen molar-refractivity contribution >= 4 is 17.1 Å². The SMILES string of the molecule is Cc1cc(C)c(N(c2ccc(Oc3cc(O)cc(C)c3C)cc2)c2cc(O)c(C)cc2C)cc1O.